The molecule has 0 radical (unpaired) electrons. The Bertz CT molecular complexity index is 333. The normalized spacial score (nSPS) is 11.2. The van der Waals surface area contributed by atoms with Gasteiger partial charge >= 0.3 is 0 Å². The van der Waals surface area contributed by atoms with Crippen LogP contribution in [0.4, 0.5) is 0 Å². The van der Waals surface area contributed by atoms with E-state index in [1.165, 1.54) is 6.20 Å². The molecule has 0 aliphatic carbocycles. The second kappa shape index (κ2) is 12.5. The molecule has 20 heavy (non-hydrogen) atoms. The molecule has 0 fully saturated rings. The van der Waals surface area contributed by atoms with Crippen LogP contribution in [0.25, 0.3) is 0 Å². The summed E-state index contributed by atoms with van der Waals surface area (Å²) in [7, 11) is 0. The van der Waals surface area contributed by atoms with Gasteiger partial charge in [-0.1, -0.05) is 27.2 Å². The van der Waals surface area contributed by atoms with Crippen molar-refractivity contribution in [1.82, 2.24) is 10.6 Å². The van der Waals surface area contributed by atoms with Crippen LogP contribution in [0.2, 0.25) is 0 Å². The second-order valence-corrected chi connectivity index (χ2v) is 5.05. The van der Waals surface area contributed by atoms with Crippen LogP contribution < -0.4 is 10.6 Å². The molecule has 0 heterocycles. The first-order valence-electron chi connectivity index (χ1n) is 7.31. The third kappa shape index (κ3) is 10.4. The van der Waals surface area contributed by atoms with E-state index in [0.717, 1.165) is 25.9 Å². The van der Waals surface area contributed by atoms with Crippen LogP contribution in [0.5, 0.6) is 0 Å². The summed E-state index contributed by atoms with van der Waals surface area (Å²) >= 11 is 0. The molecule has 0 unspecified atom stereocenters. The van der Waals surface area contributed by atoms with Gasteiger partial charge in [0.2, 0.25) is 0 Å². The van der Waals surface area contributed by atoms with E-state index in [-0.39, 0.29) is 11.5 Å². The van der Waals surface area contributed by atoms with E-state index in [4.69, 9.17) is 10.00 Å². The molecular formula is C15H27N3O2. The lowest BCUT2D eigenvalue weighted by Crippen LogP contribution is -2.29. The Hall–Kier alpha value is -1.54. The van der Waals surface area contributed by atoms with Crippen LogP contribution in [0.1, 0.15) is 40.0 Å². The number of unbranched alkanes of at least 4 members (excludes halogenated alkanes) is 1. The number of ether oxygens (including phenoxy) is 1. The predicted molar refractivity (Wildman–Crippen MR) is 79.9 cm³/mol. The molecule has 114 valence electrons. The summed E-state index contributed by atoms with van der Waals surface area (Å²) in [5.74, 6) is 0.0417. The van der Waals surface area contributed by atoms with E-state index >= 15 is 0 Å². The lowest BCUT2D eigenvalue weighted by atomic mass is 10.2. The van der Waals surface area contributed by atoms with E-state index < -0.39 is 0 Å². The number of nitriles is 1. The van der Waals surface area contributed by atoms with E-state index in [9.17, 15) is 4.79 Å². The van der Waals surface area contributed by atoms with Gasteiger partial charge in [-0.25, -0.2) is 0 Å². The van der Waals surface area contributed by atoms with E-state index in [1.54, 1.807) is 0 Å². The summed E-state index contributed by atoms with van der Waals surface area (Å²) in [5.41, 5.74) is 0.109. The minimum Gasteiger partial charge on any atom is -0.390 e. The zero-order chi connectivity index (χ0) is 15.2. The minimum absolute atomic E-state index is 0.109. The van der Waals surface area contributed by atoms with Gasteiger partial charge in [-0.05, 0) is 18.8 Å². The van der Waals surface area contributed by atoms with Gasteiger partial charge < -0.3 is 15.4 Å². The highest BCUT2D eigenvalue weighted by molar-refractivity contribution is 5.97. The summed E-state index contributed by atoms with van der Waals surface area (Å²) in [6.45, 7) is 8.90. The van der Waals surface area contributed by atoms with E-state index in [1.807, 2.05) is 19.9 Å². The molecule has 0 aromatic rings. The van der Waals surface area contributed by atoms with Crippen molar-refractivity contribution < 1.29 is 9.53 Å². The summed E-state index contributed by atoms with van der Waals surface area (Å²) in [6, 6.07) is 1.90. The molecule has 1 amide bonds. The van der Waals surface area contributed by atoms with Crippen molar-refractivity contribution in [3.8, 4) is 6.07 Å². The number of hydrogen-bond acceptors (Lipinski definition) is 4. The van der Waals surface area contributed by atoms with Gasteiger partial charge in [0.25, 0.3) is 5.91 Å². The maximum atomic E-state index is 11.7. The van der Waals surface area contributed by atoms with Gasteiger partial charge in [0.05, 0.1) is 0 Å². The van der Waals surface area contributed by atoms with Crippen LogP contribution in [-0.2, 0) is 9.53 Å². The average molecular weight is 281 g/mol. The quantitative estimate of drug-likeness (QED) is 0.345. The number of amides is 1. The van der Waals surface area contributed by atoms with Gasteiger partial charge in [-0.15, -0.1) is 0 Å². The maximum absolute atomic E-state index is 11.7. The van der Waals surface area contributed by atoms with Crippen molar-refractivity contribution in [2.24, 2.45) is 5.92 Å². The molecule has 5 nitrogen and oxygen atoms in total. The second-order valence-electron chi connectivity index (χ2n) is 5.05. The van der Waals surface area contributed by atoms with Crippen molar-refractivity contribution in [2.45, 2.75) is 40.0 Å². The summed E-state index contributed by atoms with van der Waals surface area (Å²) in [5, 5.41) is 14.6. The summed E-state index contributed by atoms with van der Waals surface area (Å²) in [4.78, 5) is 11.7. The van der Waals surface area contributed by atoms with Crippen molar-refractivity contribution in [3.05, 3.63) is 11.8 Å². The molecule has 0 atom stereocenters. The molecular weight excluding hydrogens is 254 g/mol. The molecule has 0 aliphatic heterocycles. The van der Waals surface area contributed by atoms with E-state index in [2.05, 4.69) is 17.6 Å². The molecule has 0 saturated heterocycles. The molecule has 0 aromatic carbocycles. The number of hydrogen-bond donors (Lipinski definition) is 2. The highest BCUT2D eigenvalue weighted by Crippen LogP contribution is 1.94. The maximum Gasteiger partial charge on any atom is 0.263 e. The minimum atomic E-state index is -0.326. The Labute approximate surface area is 122 Å². The first-order chi connectivity index (χ1) is 9.61. The van der Waals surface area contributed by atoms with Crippen molar-refractivity contribution >= 4 is 5.91 Å². The Morgan fingerprint density at radius 3 is 2.65 bits per heavy atom. The third-order valence-electron chi connectivity index (χ3n) is 2.53. The van der Waals surface area contributed by atoms with Crippen molar-refractivity contribution in [1.29, 1.82) is 5.26 Å². The van der Waals surface area contributed by atoms with Gasteiger partial charge in [0.15, 0.2) is 0 Å². The topological polar surface area (TPSA) is 74.1 Å². The Balaban J connectivity index is 3.79. The van der Waals surface area contributed by atoms with Gasteiger partial charge in [-0.2, -0.15) is 5.26 Å². The Morgan fingerprint density at radius 1 is 1.35 bits per heavy atom. The lowest BCUT2D eigenvalue weighted by Gasteiger charge is -2.07. The van der Waals surface area contributed by atoms with Crippen molar-refractivity contribution in [3.63, 3.8) is 0 Å². The standard InChI is InChI=1S/C15H27N3O2/c1-4-5-8-20-9-6-7-17-12-14(10-16)15(19)18-11-13(2)3/h12-13,17H,4-9,11H2,1-3H3,(H,18,19)/b14-12-. The number of carbonyl (C=O) groups is 1. The zero-order valence-electron chi connectivity index (χ0n) is 12.9. The van der Waals surface area contributed by atoms with Crippen LogP contribution in [0, 0.1) is 17.2 Å². The van der Waals surface area contributed by atoms with Crippen LogP contribution >= 0.6 is 0 Å². The number of rotatable bonds is 11. The fraction of sp³-hybridized carbons (Fsp3) is 0.733. The third-order valence-corrected chi connectivity index (χ3v) is 2.53. The fourth-order valence-corrected chi connectivity index (χ4v) is 1.34. The van der Waals surface area contributed by atoms with Gasteiger partial charge in [-0.3, -0.25) is 4.79 Å². The molecule has 2 N–H and O–H groups in total. The molecule has 5 heteroatoms. The first-order valence-corrected chi connectivity index (χ1v) is 7.31. The Kier molecular flexibility index (Phi) is 11.5. The number of carbonyl (C=O) groups excluding carboxylic acids is 1. The lowest BCUT2D eigenvalue weighted by molar-refractivity contribution is -0.117. The summed E-state index contributed by atoms with van der Waals surface area (Å²) in [6.07, 6.45) is 4.55. The fourth-order valence-electron chi connectivity index (χ4n) is 1.34. The highest BCUT2D eigenvalue weighted by atomic mass is 16.5. The van der Waals surface area contributed by atoms with Gasteiger partial charge in [0, 0.05) is 32.5 Å². The predicted octanol–water partition coefficient (Wildman–Crippen LogP) is 1.96. The Morgan fingerprint density at radius 2 is 2.05 bits per heavy atom. The summed E-state index contributed by atoms with van der Waals surface area (Å²) < 4.78 is 5.41. The largest absolute Gasteiger partial charge is 0.390 e. The smallest absolute Gasteiger partial charge is 0.263 e. The molecule has 0 rings (SSSR count). The monoisotopic (exact) mass is 281 g/mol. The number of nitrogens with one attached hydrogen (secondary N) is 2. The van der Waals surface area contributed by atoms with Crippen LogP contribution in [0.15, 0.2) is 11.8 Å². The highest BCUT2D eigenvalue weighted by Gasteiger charge is 2.08. The molecule has 0 aromatic heterocycles. The number of nitrogens with zero attached hydrogens (tertiary/aromatic N) is 1. The molecule has 0 saturated carbocycles. The zero-order valence-corrected chi connectivity index (χ0v) is 12.9. The van der Waals surface area contributed by atoms with Crippen molar-refractivity contribution in [2.75, 3.05) is 26.3 Å². The molecule has 0 aliphatic rings. The SMILES string of the molecule is CCCCOCCCN/C=C(/C#N)C(=O)NCC(C)C. The van der Waals surface area contributed by atoms with Crippen LogP contribution in [-0.4, -0.2) is 32.2 Å². The van der Waals surface area contributed by atoms with Crippen LogP contribution in [0.3, 0.4) is 0 Å². The first kappa shape index (κ1) is 18.5. The molecule has 0 bridgehead atoms. The van der Waals surface area contributed by atoms with Gasteiger partial charge in [0.1, 0.15) is 11.6 Å². The van der Waals surface area contributed by atoms with E-state index in [0.29, 0.717) is 25.6 Å². The molecule has 0 spiro atoms. The average Bonchev–Trinajstić information content (AvgIpc) is 2.43.